The van der Waals surface area contributed by atoms with E-state index in [0.717, 1.165) is 23.1 Å². The van der Waals surface area contributed by atoms with Crippen LogP contribution in [0.5, 0.6) is 17.5 Å². The zero-order chi connectivity index (χ0) is 26.0. The van der Waals surface area contributed by atoms with Crippen LogP contribution in [-0.4, -0.2) is 40.7 Å². The Bertz CT molecular complexity index is 1330. The van der Waals surface area contributed by atoms with Crippen molar-refractivity contribution in [2.75, 3.05) is 18.5 Å². The summed E-state index contributed by atoms with van der Waals surface area (Å²) in [4.78, 5) is 28.3. The van der Waals surface area contributed by atoms with Gasteiger partial charge in [0.15, 0.2) is 0 Å². The number of hydrogen-bond acceptors (Lipinski definition) is 9. The van der Waals surface area contributed by atoms with Crippen molar-refractivity contribution in [3.63, 3.8) is 0 Å². The molecule has 1 aromatic carbocycles. The Morgan fingerprint density at radius 1 is 1.27 bits per heavy atom. The zero-order valence-electron chi connectivity index (χ0n) is 19.7. The molecule has 5 rings (SSSR count). The summed E-state index contributed by atoms with van der Waals surface area (Å²) in [6.45, 7) is 0.632. The minimum absolute atomic E-state index is 0.00499. The molecule has 12 heteroatoms. The van der Waals surface area contributed by atoms with Gasteiger partial charge in [0.05, 0.1) is 18.5 Å². The molecule has 37 heavy (non-hydrogen) atoms. The first kappa shape index (κ1) is 25.1. The number of carbonyl (C=O) groups excluding carboxylic acids is 1. The molecule has 1 aliphatic carbocycles. The second kappa shape index (κ2) is 10.4. The molecular formula is C25H25ClFN5O5. The van der Waals surface area contributed by atoms with E-state index in [1.54, 1.807) is 12.1 Å². The maximum Gasteiger partial charge on any atom is 0.299 e. The summed E-state index contributed by atoms with van der Waals surface area (Å²) in [6.07, 6.45) is 3.18. The topological polar surface area (TPSA) is 131 Å². The lowest BCUT2D eigenvalue weighted by Gasteiger charge is -2.26. The first-order valence-electron chi connectivity index (χ1n) is 11.8. The van der Waals surface area contributed by atoms with Crippen molar-refractivity contribution in [3.8, 4) is 23.2 Å². The van der Waals surface area contributed by atoms with E-state index in [9.17, 15) is 14.0 Å². The van der Waals surface area contributed by atoms with Gasteiger partial charge in [-0.25, -0.2) is 9.37 Å². The lowest BCUT2D eigenvalue weighted by molar-refractivity contribution is -0.121. The summed E-state index contributed by atoms with van der Waals surface area (Å²) in [5, 5.41) is 6.73. The Morgan fingerprint density at radius 2 is 2.05 bits per heavy atom. The average molecular weight is 530 g/mol. The predicted molar refractivity (Wildman–Crippen MR) is 133 cm³/mol. The fraction of sp³-hybridized carbons (Fsp3) is 0.360. The van der Waals surface area contributed by atoms with Crippen LogP contribution in [0, 0.1) is 5.92 Å². The normalized spacial score (nSPS) is 20.2. The highest BCUT2D eigenvalue weighted by atomic mass is 35.5. The van der Waals surface area contributed by atoms with Crippen LogP contribution in [0.25, 0.3) is 5.69 Å². The molecule has 10 nitrogen and oxygen atoms in total. The first-order chi connectivity index (χ1) is 17.9. The molecule has 1 saturated carbocycles. The Morgan fingerprint density at radius 3 is 2.70 bits per heavy atom. The molecule has 3 aromatic rings. The van der Waals surface area contributed by atoms with Crippen LogP contribution in [0.3, 0.4) is 0 Å². The van der Waals surface area contributed by atoms with E-state index in [1.165, 1.54) is 6.20 Å². The molecule has 194 valence electrons. The van der Waals surface area contributed by atoms with Gasteiger partial charge in [-0.2, -0.15) is 4.68 Å². The predicted octanol–water partition coefficient (Wildman–Crippen LogP) is 3.69. The number of aromatic nitrogens is 3. The number of nitrogens with zero attached hydrogens (tertiary/aromatic N) is 3. The molecule has 0 radical (unpaired) electrons. The van der Waals surface area contributed by atoms with Gasteiger partial charge < -0.3 is 25.3 Å². The molecule has 0 bridgehead atoms. The van der Waals surface area contributed by atoms with Crippen molar-refractivity contribution in [1.82, 2.24) is 14.8 Å². The first-order valence-corrected chi connectivity index (χ1v) is 12.2. The van der Waals surface area contributed by atoms with Crippen molar-refractivity contribution in [2.45, 2.75) is 37.6 Å². The largest absolute Gasteiger partial charge is 0.439 e. The quantitative estimate of drug-likeness (QED) is 0.398. The summed E-state index contributed by atoms with van der Waals surface area (Å²) in [6, 6.07) is 10.6. The number of benzene rings is 1. The Hall–Kier alpha value is -3.54. The summed E-state index contributed by atoms with van der Waals surface area (Å²) in [5.41, 5.74) is 6.63. The van der Waals surface area contributed by atoms with Gasteiger partial charge >= 0.3 is 0 Å². The Kier molecular flexibility index (Phi) is 7.09. The van der Waals surface area contributed by atoms with Gasteiger partial charge in [0.25, 0.3) is 17.9 Å². The van der Waals surface area contributed by atoms with Gasteiger partial charge in [-0.15, -0.1) is 5.10 Å². The van der Waals surface area contributed by atoms with Crippen molar-refractivity contribution in [2.24, 2.45) is 11.7 Å². The van der Waals surface area contributed by atoms with Gasteiger partial charge in [0, 0.05) is 24.1 Å². The highest BCUT2D eigenvalue weighted by molar-refractivity contribution is 6.33. The van der Waals surface area contributed by atoms with Gasteiger partial charge in [0.1, 0.15) is 16.5 Å². The van der Waals surface area contributed by atoms with E-state index in [0.29, 0.717) is 31.1 Å². The molecule has 2 fully saturated rings. The fourth-order valence-corrected chi connectivity index (χ4v) is 4.36. The van der Waals surface area contributed by atoms with Gasteiger partial charge in [0.2, 0.25) is 12.2 Å². The maximum absolute atomic E-state index is 14.0. The molecule has 2 atom stereocenters. The lowest BCUT2D eigenvalue weighted by Crippen LogP contribution is -2.32. The number of alkyl halides is 1. The van der Waals surface area contributed by atoms with E-state index in [2.05, 4.69) is 15.4 Å². The number of halogens is 2. The number of anilines is 1. The zero-order valence-corrected chi connectivity index (χ0v) is 20.5. The average Bonchev–Trinajstić information content (AvgIpc) is 3.66. The molecule has 2 aliphatic rings. The second-order valence-electron chi connectivity index (χ2n) is 9.07. The third-order valence-electron chi connectivity index (χ3n) is 6.48. The minimum Gasteiger partial charge on any atom is -0.439 e. The van der Waals surface area contributed by atoms with Gasteiger partial charge in [-0.1, -0.05) is 23.7 Å². The minimum atomic E-state index is -1.44. The van der Waals surface area contributed by atoms with Crippen LogP contribution in [0.1, 0.15) is 31.2 Å². The van der Waals surface area contributed by atoms with Crippen molar-refractivity contribution >= 4 is 23.8 Å². The molecule has 1 aliphatic heterocycles. The molecule has 0 unspecified atom stereocenters. The van der Waals surface area contributed by atoms with Crippen LogP contribution < -0.4 is 26.1 Å². The van der Waals surface area contributed by atoms with E-state index in [1.807, 2.05) is 24.3 Å². The van der Waals surface area contributed by atoms with Crippen LogP contribution in [0.2, 0.25) is 5.02 Å². The molecule has 0 amide bonds. The smallest absolute Gasteiger partial charge is 0.299 e. The molecule has 3 N–H and O–H groups in total. The highest BCUT2D eigenvalue weighted by Crippen LogP contribution is 2.43. The van der Waals surface area contributed by atoms with E-state index < -0.39 is 17.8 Å². The van der Waals surface area contributed by atoms with E-state index in [-0.39, 0.29) is 40.8 Å². The Balaban J connectivity index is 1.34. The number of carbonyl (C=O) groups is 1. The third-order valence-corrected chi connectivity index (χ3v) is 6.83. The SMILES string of the molecule is NC1(c2ccc(Oc3ccc(-n4nc(OC=O)c(NC[C@@H]5CCCO[C@H]5F)c(Cl)c4=O)cn3)cc2)CC1. The summed E-state index contributed by atoms with van der Waals surface area (Å²) < 4.78 is 30.7. The number of nitrogens with two attached hydrogens (primary N) is 1. The van der Waals surface area contributed by atoms with E-state index in [4.69, 9.17) is 31.5 Å². The summed E-state index contributed by atoms with van der Waals surface area (Å²) in [7, 11) is 0. The van der Waals surface area contributed by atoms with Crippen LogP contribution >= 0.6 is 11.6 Å². The number of pyridine rings is 1. The van der Waals surface area contributed by atoms with Gasteiger partial charge in [-0.3, -0.25) is 9.59 Å². The number of rotatable bonds is 9. The van der Waals surface area contributed by atoms with Gasteiger partial charge in [-0.05, 0) is 49.4 Å². The van der Waals surface area contributed by atoms with Crippen LogP contribution in [0.4, 0.5) is 10.1 Å². The second-order valence-corrected chi connectivity index (χ2v) is 9.45. The lowest BCUT2D eigenvalue weighted by atomic mass is 10.0. The molecular weight excluding hydrogens is 505 g/mol. The van der Waals surface area contributed by atoms with Crippen molar-refractivity contribution < 1.29 is 23.4 Å². The molecule has 2 aromatic heterocycles. The number of hydrogen-bond donors (Lipinski definition) is 2. The summed E-state index contributed by atoms with van der Waals surface area (Å²) >= 11 is 6.32. The third kappa shape index (κ3) is 5.43. The molecule has 3 heterocycles. The summed E-state index contributed by atoms with van der Waals surface area (Å²) in [5.74, 6) is 0.195. The highest BCUT2D eigenvalue weighted by Gasteiger charge is 2.39. The Labute approximate surface area is 216 Å². The standard InChI is InChI=1S/C25H25ClFN5O5/c26-20-21(30-12-15-2-1-11-35-22(15)27)23(36-14-33)31-32(24(20)34)17-5-8-19(29-13-17)37-18-6-3-16(4-7-18)25(28)9-10-25/h3-8,13-15,22,30H,1-2,9-12,28H2/t15-,22+/m0/s1. The monoisotopic (exact) mass is 529 g/mol. The number of ether oxygens (including phenoxy) is 3. The molecule has 1 saturated heterocycles. The maximum atomic E-state index is 14.0. The fourth-order valence-electron chi connectivity index (χ4n) is 4.13. The molecule has 0 spiro atoms. The van der Waals surface area contributed by atoms with E-state index >= 15 is 0 Å². The van der Waals surface area contributed by atoms with Crippen molar-refractivity contribution in [1.29, 1.82) is 0 Å². The van der Waals surface area contributed by atoms with Crippen LogP contribution in [0.15, 0.2) is 47.4 Å². The van der Waals surface area contributed by atoms with Crippen LogP contribution in [-0.2, 0) is 15.1 Å². The number of nitrogens with one attached hydrogen (secondary N) is 1. The van der Waals surface area contributed by atoms with Crippen molar-refractivity contribution in [3.05, 3.63) is 63.5 Å².